The van der Waals surface area contributed by atoms with E-state index in [1.54, 1.807) is 0 Å². The first kappa shape index (κ1) is 27.1. The van der Waals surface area contributed by atoms with Gasteiger partial charge < -0.3 is 0 Å². The van der Waals surface area contributed by atoms with E-state index in [2.05, 4.69) is 72.8 Å². The van der Waals surface area contributed by atoms with Crippen molar-refractivity contribution in [1.82, 2.24) is 19.9 Å². The summed E-state index contributed by atoms with van der Waals surface area (Å²) in [6.45, 7) is 0. The summed E-state index contributed by atoms with van der Waals surface area (Å²) >= 11 is 0. The number of fused-ring (bicyclic) bond motifs is 2. The molecule has 0 atom stereocenters. The van der Waals surface area contributed by atoms with E-state index in [0.29, 0.717) is 11.4 Å². The van der Waals surface area contributed by atoms with Crippen LogP contribution >= 0.6 is 0 Å². The molecule has 0 bridgehead atoms. The third-order valence-electron chi connectivity index (χ3n) is 8.10. The van der Waals surface area contributed by atoms with Crippen LogP contribution in [0.2, 0.25) is 0 Å². The monoisotopic (exact) mass is 587 g/mol. The highest BCUT2D eigenvalue weighted by Gasteiger charge is 2.15. The van der Waals surface area contributed by atoms with E-state index in [-0.39, 0.29) is 0 Å². The maximum atomic E-state index is 9.31. The minimum absolute atomic E-state index is 0.606. The summed E-state index contributed by atoms with van der Waals surface area (Å²) < 4.78 is 0. The van der Waals surface area contributed by atoms with Crippen molar-refractivity contribution in [2.75, 3.05) is 0 Å². The first-order valence-corrected chi connectivity index (χ1v) is 15.0. The number of nitriles is 1. The quantitative estimate of drug-likeness (QED) is 0.200. The second-order valence-electron chi connectivity index (χ2n) is 11.1. The molecule has 0 radical (unpaired) electrons. The van der Waals surface area contributed by atoms with Gasteiger partial charge in [-0.3, -0.25) is 0 Å². The van der Waals surface area contributed by atoms with Crippen LogP contribution in [-0.4, -0.2) is 19.9 Å². The lowest BCUT2D eigenvalue weighted by Crippen LogP contribution is -1.96. The molecular weight excluding hydrogens is 562 g/mol. The highest BCUT2D eigenvalue weighted by atomic mass is 14.9. The Morgan fingerprint density at radius 3 is 1.43 bits per heavy atom. The van der Waals surface area contributed by atoms with Crippen molar-refractivity contribution in [1.29, 1.82) is 5.26 Å². The molecule has 0 spiro atoms. The molecule has 0 unspecified atom stereocenters. The van der Waals surface area contributed by atoms with Crippen LogP contribution in [0.15, 0.2) is 152 Å². The van der Waals surface area contributed by atoms with Crippen LogP contribution in [-0.2, 0) is 0 Å². The lowest BCUT2D eigenvalue weighted by Gasteiger charge is -2.12. The van der Waals surface area contributed by atoms with Gasteiger partial charge in [-0.1, -0.05) is 109 Å². The van der Waals surface area contributed by atoms with Crippen molar-refractivity contribution in [3.05, 3.63) is 157 Å². The highest BCUT2D eigenvalue weighted by Crippen LogP contribution is 2.34. The number of nitrogens with zero attached hydrogens (tertiary/aromatic N) is 5. The zero-order valence-electron chi connectivity index (χ0n) is 24.7. The molecule has 2 heterocycles. The van der Waals surface area contributed by atoms with Gasteiger partial charge in [-0.2, -0.15) is 5.26 Å². The van der Waals surface area contributed by atoms with Gasteiger partial charge in [0.25, 0.3) is 0 Å². The summed E-state index contributed by atoms with van der Waals surface area (Å²) in [5.74, 6) is 0.676. The van der Waals surface area contributed by atoms with Gasteiger partial charge in [0.15, 0.2) is 5.82 Å². The molecule has 0 aliphatic rings. The van der Waals surface area contributed by atoms with E-state index >= 15 is 0 Å². The van der Waals surface area contributed by atoms with Gasteiger partial charge in [0.1, 0.15) is 0 Å². The molecule has 0 aliphatic carbocycles. The first-order valence-electron chi connectivity index (χ1n) is 15.0. The Bertz CT molecular complexity index is 2350. The molecule has 0 N–H and O–H groups in total. The summed E-state index contributed by atoms with van der Waals surface area (Å²) in [5.41, 5.74) is 10.5. The summed E-state index contributed by atoms with van der Waals surface area (Å²) in [5, 5.41) is 11.5. The minimum atomic E-state index is 0.606. The van der Waals surface area contributed by atoms with E-state index in [1.807, 2.05) is 84.9 Å². The smallest absolute Gasteiger partial charge is 0.160 e. The van der Waals surface area contributed by atoms with Crippen molar-refractivity contribution < 1.29 is 0 Å². The Morgan fingerprint density at radius 2 is 0.870 bits per heavy atom. The minimum Gasteiger partial charge on any atom is -0.244 e. The lowest BCUT2D eigenvalue weighted by molar-refractivity contribution is 1.18. The average Bonchev–Trinajstić information content (AvgIpc) is 3.14. The van der Waals surface area contributed by atoms with Crippen molar-refractivity contribution in [3.63, 3.8) is 0 Å². The molecular formula is C41H25N5. The van der Waals surface area contributed by atoms with Crippen LogP contribution in [0.25, 0.3) is 78.2 Å². The number of aromatic nitrogens is 4. The molecule has 0 aliphatic heterocycles. The van der Waals surface area contributed by atoms with E-state index in [9.17, 15) is 5.26 Å². The lowest BCUT2D eigenvalue weighted by atomic mass is 9.98. The summed E-state index contributed by atoms with van der Waals surface area (Å²) in [4.78, 5) is 20.1. The SMILES string of the molecule is N#Cc1ccc(-c2nc3ccccc3nc2-c2ccc3cc(-c4nc(-c5ccccc5)cc(-c5ccccc5)n4)ccc3c2)cc1. The van der Waals surface area contributed by atoms with Crippen LogP contribution < -0.4 is 0 Å². The Labute approximate surface area is 266 Å². The van der Waals surface area contributed by atoms with Crippen LogP contribution in [0.1, 0.15) is 5.56 Å². The van der Waals surface area contributed by atoms with Gasteiger partial charge in [-0.05, 0) is 53.2 Å². The molecule has 0 saturated carbocycles. The molecule has 5 heteroatoms. The Balaban J connectivity index is 1.24. The molecule has 2 aromatic heterocycles. The Kier molecular flexibility index (Phi) is 6.79. The fourth-order valence-electron chi connectivity index (χ4n) is 5.73. The van der Waals surface area contributed by atoms with Crippen molar-refractivity contribution in [3.8, 4) is 62.5 Å². The van der Waals surface area contributed by atoms with E-state index in [4.69, 9.17) is 19.9 Å². The zero-order chi connectivity index (χ0) is 30.9. The summed E-state index contributed by atoms with van der Waals surface area (Å²) in [6.07, 6.45) is 0. The van der Waals surface area contributed by atoms with Crippen molar-refractivity contribution in [2.45, 2.75) is 0 Å². The van der Waals surface area contributed by atoms with Crippen LogP contribution in [0.3, 0.4) is 0 Å². The standard InChI is InChI=1S/C41H25N5/c42-26-27-15-17-30(18-16-27)39-40(44-36-14-8-7-13-35(36)43-39)33-21-19-32-24-34(22-20-31(32)23-33)41-45-37(28-9-3-1-4-10-28)25-38(46-41)29-11-5-2-6-12-29/h1-25H. The second kappa shape index (κ2) is 11.5. The third kappa shape index (κ3) is 5.15. The largest absolute Gasteiger partial charge is 0.244 e. The Morgan fingerprint density at radius 1 is 0.391 bits per heavy atom. The molecule has 8 aromatic rings. The normalized spacial score (nSPS) is 11.0. The zero-order valence-corrected chi connectivity index (χ0v) is 24.7. The molecule has 0 saturated heterocycles. The van der Waals surface area contributed by atoms with Crippen molar-refractivity contribution >= 4 is 21.8 Å². The molecule has 5 nitrogen and oxygen atoms in total. The fraction of sp³-hybridized carbons (Fsp3) is 0. The molecule has 6 aromatic carbocycles. The van der Waals surface area contributed by atoms with Gasteiger partial charge in [0.05, 0.1) is 45.4 Å². The fourth-order valence-corrected chi connectivity index (χ4v) is 5.73. The van der Waals surface area contributed by atoms with Crippen LogP contribution in [0, 0.1) is 11.3 Å². The van der Waals surface area contributed by atoms with Gasteiger partial charge in [-0.15, -0.1) is 0 Å². The van der Waals surface area contributed by atoms with E-state index in [0.717, 1.165) is 72.4 Å². The average molecular weight is 588 g/mol. The van der Waals surface area contributed by atoms with Gasteiger partial charge in [0.2, 0.25) is 0 Å². The molecule has 0 fully saturated rings. The van der Waals surface area contributed by atoms with E-state index in [1.165, 1.54) is 0 Å². The first-order chi connectivity index (χ1) is 22.7. The predicted octanol–water partition coefficient (Wildman–Crippen LogP) is 9.78. The number of hydrogen-bond donors (Lipinski definition) is 0. The maximum Gasteiger partial charge on any atom is 0.160 e. The second-order valence-corrected chi connectivity index (χ2v) is 11.1. The predicted molar refractivity (Wildman–Crippen MR) is 185 cm³/mol. The number of rotatable bonds is 5. The highest BCUT2D eigenvalue weighted by molar-refractivity contribution is 5.93. The Hall–Kier alpha value is -6.51. The third-order valence-corrected chi connectivity index (χ3v) is 8.10. The van der Waals surface area contributed by atoms with Gasteiger partial charge in [-0.25, -0.2) is 19.9 Å². The van der Waals surface area contributed by atoms with E-state index < -0.39 is 0 Å². The van der Waals surface area contributed by atoms with Crippen LogP contribution in [0.4, 0.5) is 0 Å². The molecule has 8 rings (SSSR count). The topological polar surface area (TPSA) is 75.3 Å². The molecule has 214 valence electrons. The molecule has 46 heavy (non-hydrogen) atoms. The number of hydrogen-bond acceptors (Lipinski definition) is 5. The summed E-state index contributed by atoms with van der Waals surface area (Å²) in [6, 6.07) is 52.8. The number of para-hydroxylation sites is 2. The van der Waals surface area contributed by atoms with Gasteiger partial charge >= 0.3 is 0 Å². The molecule has 0 amide bonds. The summed E-state index contributed by atoms with van der Waals surface area (Å²) in [7, 11) is 0. The number of benzene rings is 6. The van der Waals surface area contributed by atoms with Crippen molar-refractivity contribution in [2.24, 2.45) is 0 Å². The maximum absolute atomic E-state index is 9.31. The van der Waals surface area contributed by atoms with Crippen LogP contribution in [0.5, 0.6) is 0 Å². The van der Waals surface area contributed by atoms with Gasteiger partial charge in [0, 0.05) is 27.8 Å².